The Kier molecular flexibility index (Phi) is 3.01. The standard InChI is InChI=1S/C15H18N2O2/c1-10-4-2-3-5-13(10)17-9-16-12-8-11(15(18)19)6-7-14(12)17/h6-10,13H,2-5H2,1H3,(H,18,19)/t10-,13-/m1/s1. The van der Waals surface area contributed by atoms with Crippen molar-refractivity contribution in [2.75, 3.05) is 0 Å². The molecule has 0 radical (unpaired) electrons. The Morgan fingerprint density at radius 2 is 2.16 bits per heavy atom. The van der Waals surface area contributed by atoms with E-state index in [4.69, 9.17) is 5.11 Å². The summed E-state index contributed by atoms with van der Waals surface area (Å²) in [5.74, 6) is -0.243. The van der Waals surface area contributed by atoms with Crippen LogP contribution in [0.4, 0.5) is 0 Å². The molecule has 2 aromatic rings. The van der Waals surface area contributed by atoms with Crippen LogP contribution in [0.15, 0.2) is 24.5 Å². The summed E-state index contributed by atoms with van der Waals surface area (Å²) in [5, 5.41) is 9.01. The van der Waals surface area contributed by atoms with Crippen molar-refractivity contribution in [3.8, 4) is 0 Å². The maximum absolute atomic E-state index is 11.0. The maximum Gasteiger partial charge on any atom is 0.335 e. The first-order valence-corrected chi connectivity index (χ1v) is 6.86. The van der Waals surface area contributed by atoms with Crippen molar-refractivity contribution >= 4 is 17.0 Å². The highest BCUT2D eigenvalue weighted by atomic mass is 16.4. The SMILES string of the molecule is C[C@@H]1CCCC[C@H]1n1cnc2cc(C(=O)O)ccc21. The molecule has 4 heteroatoms. The first kappa shape index (κ1) is 12.2. The fourth-order valence-corrected chi connectivity index (χ4v) is 3.14. The van der Waals surface area contributed by atoms with Crippen LogP contribution in [-0.4, -0.2) is 20.6 Å². The van der Waals surface area contributed by atoms with Crippen LogP contribution in [-0.2, 0) is 0 Å². The van der Waals surface area contributed by atoms with Crippen LogP contribution < -0.4 is 0 Å². The highest BCUT2D eigenvalue weighted by molar-refractivity contribution is 5.92. The van der Waals surface area contributed by atoms with Crippen LogP contribution in [0.5, 0.6) is 0 Å². The van der Waals surface area contributed by atoms with Crippen molar-refractivity contribution in [3.05, 3.63) is 30.1 Å². The minimum Gasteiger partial charge on any atom is -0.478 e. The van der Waals surface area contributed by atoms with Gasteiger partial charge in [0.2, 0.25) is 0 Å². The van der Waals surface area contributed by atoms with Gasteiger partial charge < -0.3 is 9.67 Å². The number of rotatable bonds is 2. The van der Waals surface area contributed by atoms with E-state index in [1.807, 2.05) is 12.4 Å². The summed E-state index contributed by atoms with van der Waals surface area (Å²) < 4.78 is 2.23. The zero-order valence-corrected chi connectivity index (χ0v) is 11.0. The van der Waals surface area contributed by atoms with Gasteiger partial charge in [0, 0.05) is 6.04 Å². The van der Waals surface area contributed by atoms with Crippen molar-refractivity contribution in [2.24, 2.45) is 5.92 Å². The van der Waals surface area contributed by atoms with Crippen LogP contribution in [0.25, 0.3) is 11.0 Å². The lowest BCUT2D eigenvalue weighted by atomic mass is 9.85. The summed E-state index contributed by atoms with van der Waals surface area (Å²) in [5.41, 5.74) is 2.12. The van der Waals surface area contributed by atoms with Gasteiger partial charge in [0.15, 0.2) is 0 Å². The number of carboxylic acids is 1. The minimum absolute atomic E-state index is 0.300. The Morgan fingerprint density at radius 1 is 1.37 bits per heavy atom. The van der Waals surface area contributed by atoms with E-state index in [1.165, 1.54) is 25.7 Å². The van der Waals surface area contributed by atoms with E-state index in [1.54, 1.807) is 12.1 Å². The summed E-state index contributed by atoms with van der Waals surface area (Å²) >= 11 is 0. The van der Waals surface area contributed by atoms with Crippen LogP contribution in [0.3, 0.4) is 0 Å². The number of benzene rings is 1. The second-order valence-electron chi connectivity index (χ2n) is 5.49. The average molecular weight is 258 g/mol. The quantitative estimate of drug-likeness (QED) is 0.897. The molecule has 1 N–H and O–H groups in total. The Morgan fingerprint density at radius 3 is 2.89 bits per heavy atom. The highest BCUT2D eigenvalue weighted by Crippen LogP contribution is 2.35. The molecule has 1 fully saturated rings. The number of carboxylic acid groups (broad SMARTS) is 1. The van der Waals surface area contributed by atoms with Crippen molar-refractivity contribution < 1.29 is 9.90 Å². The summed E-state index contributed by atoms with van der Waals surface area (Å²) in [7, 11) is 0. The van der Waals surface area contributed by atoms with E-state index in [2.05, 4.69) is 16.5 Å². The molecule has 1 heterocycles. The van der Waals surface area contributed by atoms with Crippen LogP contribution in [0, 0.1) is 5.92 Å². The fourth-order valence-electron chi connectivity index (χ4n) is 3.14. The molecule has 1 aliphatic carbocycles. The number of hydrogen-bond acceptors (Lipinski definition) is 2. The van der Waals surface area contributed by atoms with E-state index >= 15 is 0 Å². The average Bonchev–Trinajstić information content (AvgIpc) is 2.82. The molecule has 1 saturated carbocycles. The van der Waals surface area contributed by atoms with E-state index in [0.717, 1.165) is 11.0 Å². The predicted molar refractivity (Wildman–Crippen MR) is 73.4 cm³/mol. The molecule has 0 spiro atoms. The molecule has 100 valence electrons. The number of aromatic carboxylic acids is 1. The summed E-state index contributed by atoms with van der Waals surface area (Å²) in [6.07, 6.45) is 6.89. The molecule has 4 nitrogen and oxygen atoms in total. The van der Waals surface area contributed by atoms with Gasteiger partial charge in [-0.1, -0.05) is 19.8 Å². The molecule has 0 bridgehead atoms. The molecule has 0 saturated heterocycles. The van der Waals surface area contributed by atoms with Gasteiger partial charge in [-0.05, 0) is 37.0 Å². The van der Waals surface area contributed by atoms with Gasteiger partial charge in [-0.25, -0.2) is 9.78 Å². The minimum atomic E-state index is -0.900. The number of imidazole rings is 1. The molecule has 1 aromatic carbocycles. The zero-order valence-electron chi connectivity index (χ0n) is 11.0. The number of fused-ring (bicyclic) bond motifs is 1. The monoisotopic (exact) mass is 258 g/mol. The molecule has 19 heavy (non-hydrogen) atoms. The molecular formula is C15H18N2O2. The molecular weight excluding hydrogens is 240 g/mol. The van der Waals surface area contributed by atoms with Crippen LogP contribution in [0.2, 0.25) is 0 Å². The summed E-state index contributed by atoms with van der Waals surface area (Å²) in [6.45, 7) is 2.29. The maximum atomic E-state index is 11.0. The van der Waals surface area contributed by atoms with Crippen molar-refractivity contribution in [3.63, 3.8) is 0 Å². The van der Waals surface area contributed by atoms with Crippen molar-refractivity contribution in [1.82, 2.24) is 9.55 Å². The van der Waals surface area contributed by atoms with Gasteiger partial charge >= 0.3 is 5.97 Å². The van der Waals surface area contributed by atoms with Crippen molar-refractivity contribution in [2.45, 2.75) is 38.6 Å². The van der Waals surface area contributed by atoms with E-state index < -0.39 is 5.97 Å². The molecule has 0 unspecified atom stereocenters. The Labute approximate surface area is 112 Å². The second kappa shape index (κ2) is 4.68. The third kappa shape index (κ3) is 2.11. The molecule has 0 amide bonds. The third-order valence-electron chi connectivity index (χ3n) is 4.25. The molecule has 1 aliphatic rings. The van der Waals surface area contributed by atoms with E-state index in [-0.39, 0.29) is 0 Å². The fraction of sp³-hybridized carbons (Fsp3) is 0.467. The topological polar surface area (TPSA) is 55.1 Å². The lowest BCUT2D eigenvalue weighted by molar-refractivity contribution is 0.0697. The Balaban J connectivity index is 2.03. The molecule has 0 aliphatic heterocycles. The van der Waals surface area contributed by atoms with Gasteiger partial charge in [-0.15, -0.1) is 0 Å². The summed E-state index contributed by atoms with van der Waals surface area (Å²) in [4.78, 5) is 15.3. The highest BCUT2D eigenvalue weighted by Gasteiger charge is 2.24. The normalized spacial score (nSPS) is 23.6. The van der Waals surface area contributed by atoms with Gasteiger partial charge in [-0.3, -0.25) is 0 Å². The van der Waals surface area contributed by atoms with Gasteiger partial charge in [0.1, 0.15) is 0 Å². The number of aromatic nitrogens is 2. The molecule has 1 aromatic heterocycles. The zero-order chi connectivity index (χ0) is 13.4. The first-order chi connectivity index (χ1) is 9.16. The Hall–Kier alpha value is -1.84. The predicted octanol–water partition coefficient (Wildman–Crippen LogP) is 3.49. The molecule has 3 rings (SSSR count). The van der Waals surface area contributed by atoms with Crippen molar-refractivity contribution in [1.29, 1.82) is 0 Å². The molecule has 2 atom stereocenters. The van der Waals surface area contributed by atoms with Crippen LogP contribution in [0.1, 0.15) is 49.0 Å². The summed E-state index contributed by atoms with van der Waals surface area (Å²) in [6, 6.07) is 5.69. The number of nitrogens with zero attached hydrogens (tertiary/aromatic N) is 2. The second-order valence-corrected chi connectivity index (χ2v) is 5.49. The van der Waals surface area contributed by atoms with Gasteiger partial charge in [0.05, 0.1) is 22.9 Å². The lowest BCUT2D eigenvalue weighted by Gasteiger charge is -2.30. The smallest absolute Gasteiger partial charge is 0.335 e. The Bertz CT molecular complexity index is 618. The lowest BCUT2D eigenvalue weighted by Crippen LogP contribution is -2.20. The number of hydrogen-bond donors (Lipinski definition) is 1. The third-order valence-corrected chi connectivity index (χ3v) is 4.25. The van der Waals surface area contributed by atoms with E-state index in [9.17, 15) is 4.79 Å². The van der Waals surface area contributed by atoms with E-state index in [0.29, 0.717) is 17.5 Å². The first-order valence-electron chi connectivity index (χ1n) is 6.86. The largest absolute Gasteiger partial charge is 0.478 e. The number of carbonyl (C=O) groups is 1. The van der Waals surface area contributed by atoms with Crippen LogP contribution >= 0.6 is 0 Å². The van der Waals surface area contributed by atoms with Gasteiger partial charge in [-0.2, -0.15) is 0 Å². The van der Waals surface area contributed by atoms with Gasteiger partial charge in [0.25, 0.3) is 0 Å².